The van der Waals surface area contributed by atoms with Crippen LogP contribution in [0.3, 0.4) is 0 Å². The predicted octanol–water partition coefficient (Wildman–Crippen LogP) is 1.87. The molecule has 2 fully saturated rings. The summed E-state index contributed by atoms with van der Waals surface area (Å²) >= 11 is 0. The van der Waals surface area contributed by atoms with Crippen LogP contribution in [0.5, 0.6) is 0 Å². The average Bonchev–Trinajstić information content (AvgIpc) is 3.38. The Balaban J connectivity index is 1.49. The molecule has 3 aliphatic rings. The number of amides is 4. The number of ether oxygens (including phenoxy) is 1. The highest BCUT2D eigenvalue weighted by Crippen LogP contribution is 2.34. The topological polar surface area (TPSA) is 148 Å². The molecular weight excluding hydrogens is 500 g/mol. The number of benzene rings is 1. The van der Waals surface area contributed by atoms with E-state index in [0.29, 0.717) is 38.6 Å². The van der Waals surface area contributed by atoms with Crippen molar-refractivity contribution >= 4 is 29.6 Å². The van der Waals surface area contributed by atoms with Crippen LogP contribution in [0.1, 0.15) is 64.0 Å². The Morgan fingerprint density at radius 2 is 1.67 bits per heavy atom. The number of hydrogen-bond donors (Lipinski definition) is 3. The molecule has 10 heteroatoms. The Bertz CT molecular complexity index is 1100. The number of ketones is 1. The molecule has 10 nitrogen and oxygen atoms in total. The zero-order valence-corrected chi connectivity index (χ0v) is 23.0. The molecule has 0 bridgehead atoms. The van der Waals surface area contributed by atoms with Crippen molar-refractivity contribution in [3.63, 3.8) is 0 Å². The molecule has 1 aromatic rings. The molecule has 1 unspecified atom stereocenters. The number of nitrogens with two attached hydrogens (primary N) is 1. The first kappa shape index (κ1) is 28.6. The van der Waals surface area contributed by atoms with Gasteiger partial charge in [-0.25, -0.2) is 4.79 Å². The molecule has 1 saturated carbocycles. The van der Waals surface area contributed by atoms with Gasteiger partial charge in [0, 0.05) is 6.54 Å². The average molecular weight is 541 g/mol. The van der Waals surface area contributed by atoms with E-state index in [2.05, 4.69) is 10.6 Å². The number of likely N-dealkylation sites (tertiary alicyclic amines) is 1. The first-order valence-electron chi connectivity index (χ1n) is 13.9. The van der Waals surface area contributed by atoms with Gasteiger partial charge in [0.1, 0.15) is 12.1 Å². The number of fused-ring (bicyclic) bond motifs is 1. The number of nitrogens with zero attached hydrogens (tertiary/aromatic N) is 1. The van der Waals surface area contributed by atoms with Crippen molar-refractivity contribution in [1.82, 2.24) is 15.5 Å². The molecule has 212 valence electrons. The van der Waals surface area contributed by atoms with Crippen molar-refractivity contribution in [3.8, 4) is 0 Å². The van der Waals surface area contributed by atoms with E-state index in [4.69, 9.17) is 10.5 Å². The van der Waals surface area contributed by atoms with E-state index in [-0.39, 0.29) is 29.8 Å². The molecule has 4 amide bonds. The van der Waals surface area contributed by atoms with Crippen LogP contribution < -0.4 is 16.4 Å². The van der Waals surface area contributed by atoms with Gasteiger partial charge in [0.15, 0.2) is 0 Å². The molecule has 0 aromatic heterocycles. The first-order valence-corrected chi connectivity index (χ1v) is 13.9. The molecule has 1 saturated heterocycles. The van der Waals surface area contributed by atoms with Crippen molar-refractivity contribution in [2.75, 3.05) is 13.2 Å². The lowest BCUT2D eigenvalue weighted by atomic mass is 9.95. The third-order valence-corrected chi connectivity index (χ3v) is 7.71. The van der Waals surface area contributed by atoms with Crippen molar-refractivity contribution in [3.05, 3.63) is 35.4 Å². The minimum absolute atomic E-state index is 0.190. The zero-order chi connectivity index (χ0) is 28.3. The van der Waals surface area contributed by atoms with Crippen molar-refractivity contribution < 1.29 is 28.7 Å². The third kappa shape index (κ3) is 7.36. The standard InChI is InChI=1S/C29H40N4O6/c1-29(2,3)16-39-28(38)32-23(20-14-18-7-4-5-8-19(18)15-20)27(37)33-12-6-9-22(33)26(36)31-21(13-17-10-11-17)24(34)25(30)35/h4-5,7-8,17,20-23H,6,9-16H2,1-3H3,(H2,30,35)(H,31,36)(H,32,38)/t21?,22-,23-/m0/s1. The summed E-state index contributed by atoms with van der Waals surface area (Å²) in [7, 11) is 0. The maximum atomic E-state index is 14.0. The van der Waals surface area contributed by atoms with Gasteiger partial charge in [-0.1, -0.05) is 57.9 Å². The summed E-state index contributed by atoms with van der Waals surface area (Å²) in [6.45, 7) is 6.38. The molecule has 2 aliphatic carbocycles. The van der Waals surface area contributed by atoms with Crippen LogP contribution in [0.25, 0.3) is 0 Å². The van der Waals surface area contributed by atoms with E-state index >= 15 is 0 Å². The Labute approximate surface area is 229 Å². The van der Waals surface area contributed by atoms with Gasteiger partial charge in [0.2, 0.25) is 17.6 Å². The molecule has 1 aromatic carbocycles. The summed E-state index contributed by atoms with van der Waals surface area (Å²) in [6.07, 6.45) is 3.83. The van der Waals surface area contributed by atoms with Gasteiger partial charge < -0.3 is 26.0 Å². The molecule has 0 spiro atoms. The maximum absolute atomic E-state index is 14.0. The molecule has 0 radical (unpaired) electrons. The summed E-state index contributed by atoms with van der Waals surface area (Å²) in [5.41, 5.74) is 7.25. The van der Waals surface area contributed by atoms with Gasteiger partial charge >= 0.3 is 6.09 Å². The Kier molecular flexibility index (Phi) is 8.61. The van der Waals surface area contributed by atoms with Crippen LogP contribution in [0.2, 0.25) is 0 Å². The Morgan fingerprint density at radius 1 is 1.03 bits per heavy atom. The Hall–Kier alpha value is -3.43. The Morgan fingerprint density at radius 3 is 2.23 bits per heavy atom. The van der Waals surface area contributed by atoms with E-state index in [1.165, 1.54) is 4.90 Å². The van der Waals surface area contributed by atoms with Crippen LogP contribution in [0.15, 0.2) is 24.3 Å². The number of primary amides is 1. The fourth-order valence-electron chi connectivity index (χ4n) is 5.50. The third-order valence-electron chi connectivity index (χ3n) is 7.71. The fourth-order valence-corrected chi connectivity index (χ4v) is 5.50. The van der Waals surface area contributed by atoms with Crippen LogP contribution in [0.4, 0.5) is 4.79 Å². The number of nitrogens with one attached hydrogen (secondary N) is 2. The number of alkyl carbamates (subject to hydrolysis) is 1. The summed E-state index contributed by atoms with van der Waals surface area (Å²) in [5, 5.41) is 5.51. The van der Waals surface area contributed by atoms with E-state index in [1.54, 1.807) is 0 Å². The molecule has 1 aliphatic heterocycles. The van der Waals surface area contributed by atoms with E-state index < -0.39 is 41.8 Å². The molecule has 3 atom stereocenters. The number of Topliss-reactive ketones (excluding diaryl/α,β-unsaturated/α-hetero) is 1. The van der Waals surface area contributed by atoms with Gasteiger partial charge in [-0.15, -0.1) is 0 Å². The quantitative estimate of drug-likeness (QED) is 0.386. The highest BCUT2D eigenvalue weighted by atomic mass is 16.5. The van der Waals surface area contributed by atoms with E-state index in [0.717, 1.165) is 24.0 Å². The number of rotatable bonds is 10. The van der Waals surface area contributed by atoms with Crippen molar-refractivity contribution in [2.24, 2.45) is 23.0 Å². The maximum Gasteiger partial charge on any atom is 0.407 e. The smallest absolute Gasteiger partial charge is 0.407 e. The van der Waals surface area contributed by atoms with Gasteiger partial charge in [-0.2, -0.15) is 0 Å². The second kappa shape index (κ2) is 11.8. The minimum atomic E-state index is -1.08. The second-order valence-electron chi connectivity index (χ2n) is 12.4. The minimum Gasteiger partial charge on any atom is -0.449 e. The lowest BCUT2D eigenvalue weighted by molar-refractivity contribution is -0.142. The highest BCUT2D eigenvalue weighted by Gasteiger charge is 2.43. The summed E-state index contributed by atoms with van der Waals surface area (Å²) < 4.78 is 5.42. The monoisotopic (exact) mass is 540 g/mol. The molecule has 4 rings (SSSR count). The van der Waals surface area contributed by atoms with Crippen LogP contribution in [-0.4, -0.2) is 65.8 Å². The summed E-state index contributed by atoms with van der Waals surface area (Å²) in [6, 6.07) is 5.27. The normalized spacial score (nSPS) is 20.6. The number of carbonyl (C=O) groups excluding carboxylic acids is 5. The van der Waals surface area contributed by atoms with Gasteiger partial charge in [-0.05, 0) is 60.5 Å². The van der Waals surface area contributed by atoms with Crippen LogP contribution in [0, 0.1) is 17.3 Å². The lowest BCUT2D eigenvalue weighted by Gasteiger charge is -2.32. The number of carbonyl (C=O) groups is 5. The number of hydrogen-bond acceptors (Lipinski definition) is 6. The molecule has 39 heavy (non-hydrogen) atoms. The van der Waals surface area contributed by atoms with E-state index in [9.17, 15) is 24.0 Å². The van der Waals surface area contributed by atoms with E-state index in [1.807, 2.05) is 45.0 Å². The molecule has 4 N–H and O–H groups in total. The lowest BCUT2D eigenvalue weighted by Crippen LogP contribution is -2.58. The summed E-state index contributed by atoms with van der Waals surface area (Å²) in [4.78, 5) is 65.6. The SMILES string of the molecule is CC(C)(C)COC(=O)N[C@H](C(=O)N1CCC[C@H]1C(=O)NC(CC1CC1)C(=O)C(N)=O)C1Cc2ccccc2C1. The second-order valence-corrected chi connectivity index (χ2v) is 12.4. The largest absolute Gasteiger partial charge is 0.449 e. The van der Waals surface area contributed by atoms with Gasteiger partial charge in [0.25, 0.3) is 5.91 Å². The van der Waals surface area contributed by atoms with Crippen molar-refractivity contribution in [1.29, 1.82) is 0 Å². The first-order chi connectivity index (χ1) is 18.4. The predicted molar refractivity (Wildman–Crippen MR) is 143 cm³/mol. The van der Waals surface area contributed by atoms with Gasteiger partial charge in [0.05, 0.1) is 12.6 Å². The highest BCUT2D eigenvalue weighted by molar-refractivity contribution is 6.37. The zero-order valence-electron chi connectivity index (χ0n) is 23.0. The van der Waals surface area contributed by atoms with Crippen molar-refractivity contribution in [2.45, 2.75) is 83.8 Å². The summed E-state index contributed by atoms with van der Waals surface area (Å²) in [5.74, 6) is -2.66. The van der Waals surface area contributed by atoms with Crippen LogP contribution >= 0.6 is 0 Å². The molecule has 1 heterocycles. The molecular formula is C29H40N4O6. The van der Waals surface area contributed by atoms with Crippen LogP contribution in [-0.2, 0) is 36.8 Å². The fraction of sp³-hybridized carbons (Fsp3) is 0.621. The van der Waals surface area contributed by atoms with Gasteiger partial charge in [-0.3, -0.25) is 19.2 Å².